The number of fused-ring (bicyclic) bond motifs is 1. The van der Waals surface area contributed by atoms with E-state index in [0.717, 1.165) is 0 Å². The van der Waals surface area contributed by atoms with Gasteiger partial charge in [-0.05, 0) is 12.1 Å². The molecule has 0 atom stereocenters. The van der Waals surface area contributed by atoms with E-state index in [1.165, 1.54) is 6.07 Å². The number of imidazole rings is 1. The van der Waals surface area contributed by atoms with Gasteiger partial charge < -0.3 is 4.98 Å². The third-order valence-electron chi connectivity index (χ3n) is 1.99. The van der Waals surface area contributed by atoms with E-state index in [2.05, 4.69) is 9.97 Å². The summed E-state index contributed by atoms with van der Waals surface area (Å²) in [5, 5.41) is 26.3. The number of nitrogens with one attached hydrogen (secondary N) is 1. The Labute approximate surface area is 84.8 Å². The fourth-order valence-electron chi connectivity index (χ4n) is 1.33. The lowest BCUT2D eigenvalue weighted by Gasteiger charge is -1.93. The van der Waals surface area contributed by atoms with Gasteiger partial charge in [-0.25, -0.2) is 4.98 Å². The average Bonchev–Trinajstić information content (AvgIpc) is 2.70. The van der Waals surface area contributed by atoms with Crippen LogP contribution < -0.4 is 0 Å². The van der Waals surface area contributed by atoms with E-state index in [1.807, 2.05) is 18.2 Å². The van der Waals surface area contributed by atoms with Crippen molar-refractivity contribution in [2.75, 3.05) is 0 Å². The first kappa shape index (κ1) is 8.74. The lowest BCUT2D eigenvalue weighted by Crippen LogP contribution is -1.85. The van der Waals surface area contributed by atoms with Crippen LogP contribution in [0.3, 0.4) is 0 Å². The molecule has 2 aromatic rings. The van der Waals surface area contributed by atoms with Crippen LogP contribution in [0.25, 0.3) is 11.0 Å². The molecular weight excluding hydrogens is 190 g/mol. The molecule has 1 aromatic heterocycles. The van der Waals surface area contributed by atoms with E-state index in [9.17, 15) is 0 Å². The van der Waals surface area contributed by atoms with Crippen LogP contribution in [-0.4, -0.2) is 9.97 Å². The van der Waals surface area contributed by atoms with Crippen LogP contribution in [0.15, 0.2) is 12.1 Å². The first-order valence-corrected chi connectivity index (χ1v) is 4.03. The van der Waals surface area contributed by atoms with E-state index in [1.54, 1.807) is 6.07 Å². The van der Waals surface area contributed by atoms with Crippen LogP contribution in [0.1, 0.15) is 17.0 Å². The molecule has 0 aliphatic rings. The smallest absolute Gasteiger partial charge is 0.211 e. The Morgan fingerprint density at radius 3 is 2.47 bits per heavy atom. The Kier molecular flexibility index (Phi) is 1.83. The van der Waals surface area contributed by atoms with Crippen molar-refractivity contribution in [2.24, 2.45) is 0 Å². The van der Waals surface area contributed by atoms with Crippen molar-refractivity contribution in [3.8, 4) is 18.2 Å². The molecule has 0 aliphatic heterocycles. The number of nitrogens with zero attached hydrogens (tertiary/aromatic N) is 4. The molecule has 5 heteroatoms. The molecule has 0 radical (unpaired) electrons. The lowest BCUT2D eigenvalue weighted by molar-refractivity contribution is 1.25. The SMILES string of the molecule is N#Cc1nc2c(C#N)c(C#N)ccc2[nH]1. The molecule has 15 heavy (non-hydrogen) atoms. The van der Waals surface area contributed by atoms with Gasteiger partial charge in [-0.3, -0.25) is 0 Å². The Balaban J connectivity index is 2.91. The molecule has 0 bridgehead atoms. The van der Waals surface area contributed by atoms with Crippen LogP contribution >= 0.6 is 0 Å². The minimum Gasteiger partial charge on any atom is -0.329 e. The zero-order valence-electron chi connectivity index (χ0n) is 7.44. The highest BCUT2D eigenvalue weighted by atomic mass is 14.9. The van der Waals surface area contributed by atoms with E-state index in [-0.39, 0.29) is 17.0 Å². The highest BCUT2D eigenvalue weighted by molar-refractivity contribution is 5.84. The first-order valence-electron chi connectivity index (χ1n) is 4.03. The molecule has 0 spiro atoms. The number of aromatic amines is 1. The topological polar surface area (TPSA) is 100 Å². The summed E-state index contributed by atoms with van der Waals surface area (Å²) in [5.41, 5.74) is 1.42. The largest absolute Gasteiger partial charge is 0.329 e. The minimum absolute atomic E-state index is 0.136. The molecule has 5 nitrogen and oxygen atoms in total. The van der Waals surface area contributed by atoms with Crippen LogP contribution in [0, 0.1) is 34.0 Å². The molecular formula is C10H3N5. The van der Waals surface area contributed by atoms with Gasteiger partial charge in [0.05, 0.1) is 16.6 Å². The van der Waals surface area contributed by atoms with Gasteiger partial charge in [0.25, 0.3) is 0 Å². The monoisotopic (exact) mass is 193 g/mol. The predicted molar refractivity (Wildman–Crippen MR) is 50.2 cm³/mol. The van der Waals surface area contributed by atoms with Gasteiger partial charge in [-0.15, -0.1) is 0 Å². The van der Waals surface area contributed by atoms with Crippen molar-refractivity contribution in [2.45, 2.75) is 0 Å². The third-order valence-corrected chi connectivity index (χ3v) is 1.99. The van der Waals surface area contributed by atoms with Crippen LogP contribution in [-0.2, 0) is 0 Å². The highest BCUT2D eigenvalue weighted by Gasteiger charge is 2.11. The number of benzene rings is 1. The molecule has 0 saturated heterocycles. The highest BCUT2D eigenvalue weighted by Crippen LogP contribution is 2.19. The molecule has 0 fully saturated rings. The Bertz CT molecular complexity index is 660. The molecule has 1 aromatic carbocycles. The predicted octanol–water partition coefficient (Wildman–Crippen LogP) is 1.18. The van der Waals surface area contributed by atoms with Gasteiger partial charge in [-0.2, -0.15) is 15.8 Å². The van der Waals surface area contributed by atoms with E-state index >= 15 is 0 Å². The second-order valence-electron chi connectivity index (χ2n) is 2.81. The van der Waals surface area contributed by atoms with Gasteiger partial charge in [0.15, 0.2) is 0 Å². The van der Waals surface area contributed by atoms with Crippen LogP contribution in [0.2, 0.25) is 0 Å². The second kappa shape index (κ2) is 3.14. The second-order valence-corrected chi connectivity index (χ2v) is 2.81. The standard InChI is InChI=1S/C10H3N5/c11-3-6-1-2-8-10(7(6)4-12)15-9(5-13)14-8/h1-2H,(H,14,15). The molecule has 68 valence electrons. The van der Waals surface area contributed by atoms with Crippen LogP contribution in [0.5, 0.6) is 0 Å². The number of nitriles is 3. The lowest BCUT2D eigenvalue weighted by atomic mass is 10.1. The molecule has 0 saturated carbocycles. The summed E-state index contributed by atoms with van der Waals surface area (Å²) in [6.07, 6.45) is 0. The summed E-state index contributed by atoms with van der Waals surface area (Å²) >= 11 is 0. The van der Waals surface area contributed by atoms with Crippen molar-refractivity contribution in [3.05, 3.63) is 29.1 Å². The Hall–Kier alpha value is -2.84. The zero-order valence-corrected chi connectivity index (χ0v) is 7.44. The number of rotatable bonds is 0. The molecule has 2 rings (SSSR count). The van der Waals surface area contributed by atoms with Gasteiger partial charge in [-0.1, -0.05) is 0 Å². The van der Waals surface area contributed by atoms with Gasteiger partial charge in [0.1, 0.15) is 23.7 Å². The number of aromatic nitrogens is 2. The molecule has 0 aliphatic carbocycles. The van der Waals surface area contributed by atoms with Gasteiger partial charge in [0, 0.05) is 0 Å². The first-order chi connectivity index (χ1) is 7.30. The summed E-state index contributed by atoms with van der Waals surface area (Å²) in [6, 6.07) is 8.82. The van der Waals surface area contributed by atoms with Crippen molar-refractivity contribution >= 4 is 11.0 Å². The summed E-state index contributed by atoms with van der Waals surface area (Å²) < 4.78 is 0. The van der Waals surface area contributed by atoms with Gasteiger partial charge in [0.2, 0.25) is 5.82 Å². The third kappa shape index (κ3) is 1.18. The van der Waals surface area contributed by atoms with Crippen molar-refractivity contribution in [3.63, 3.8) is 0 Å². The Morgan fingerprint density at radius 1 is 1.07 bits per heavy atom. The van der Waals surface area contributed by atoms with Crippen LogP contribution in [0.4, 0.5) is 0 Å². The summed E-state index contributed by atoms with van der Waals surface area (Å²) in [6.45, 7) is 0. The van der Waals surface area contributed by atoms with Crippen molar-refractivity contribution in [1.82, 2.24) is 9.97 Å². The number of hydrogen-bond donors (Lipinski definition) is 1. The van der Waals surface area contributed by atoms with Gasteiger partial charge >= 0.3 is 0 Å². The fraction of sp³-hybridized carbons (Fsp3) is 0. The summed E-state index contributed by atoms with van der Waals surface area (Å²) in [4.78, 5) is 6.66. The summed E-state index contributed by atoms with van der Waals surface area (Å²) in [5.74, 6) is 0.136. The normalized spacial score (nSPS) is 9.13. The molecule has 1 N–H and O–H groups in total. The maximum Gasteiger partial charge on any atom is 0.211 e. The van der Waals surface area contributed by atoms with E-state index in [4.69, 9.17) is 15.8 Å². The molecule has 0 unspecified atom stereocenters. The molecule has 1 heterocycles. The Morgan fingerprint density at radius 2 is 1.87 bits per heavy atom. The van der Waals surface area contributed by atoms with Crippen molar-refractivity contribution in [1.29, 1.82) is 15.8 Å². The van der Waals surface area contributed by atoms with E-state index in [0.29, 0.717) is 11.0 Å². The number of hydrogen-bond acceptors (Lipinski definition) is 4. The average molecular weight is 193 g/mol. The number of H-pyrrole nitrogens is 1. The fourth-order valence-corrected chi connectivity index (χ4v) is 1.33. The van der Waals surface area contributed by atoms with E-state index < -0.39 is 0 Å². The quantitative estimate of drug-likeness (QED) is 0.678. The zero-order chi connectivity index (χ0) is 10.8. The summed E-state index contributed by atoms with van der Waals surface area (Å²) in [7, 11) is 0. The maximum atomic E-state index is 8.89. The maximum absolute atomic E-state index is 8.89. The van der Waals surface area contributed by atoms with Crippen molar-refractivity contribution < 1.29 is 0 Å². The minimum atomic E-state index is 0.136. The molecule has 0 amide bonds.